The van der Waals surface area contributed by atoms with E-state index in [1.165, 1.54) is 0 Å². The molecule has 0 fully saturated rings. The van der Waals surface area contributed by atoms with Gasteiger partial charge in [0.05, 0.1) is 18.1 Å². The first-order chi connectivity index (χ1) is 8.13. The zero-order chi connectivity index (χ0) is 12.7. The van der Waals surface area contributed by atoms with Gasteiger partial charge in [0.1, 0.15) is 0 Å². The van der Waals surface area contributed by atoms with E-state index in [4.69, 9.17) is 5.26 Å². The highest BCUT2D eigenvalue weighted by Gasteiger charge is 2.12. The molecule has 0 saturated heterocycles. The summed E-state index contributed by atoms with van der Waals surface area (Å²) in [7, 11) is 0. The lowest BCUT2D eigenvalue weighted by molar-refractivity contribution is 0.170. The second kappa shape index (κ2) is 7.05. The van der Waals surface area contributed by atoms with Crippen LogP contribution in [0.3, 0.4) is 0 Å². The molecule has 0 spiro atoms. The fraction of sp³-hybridized carbons (Fsp3) is 0.500. The summed E-state index contributed by atoms with van der Waals surface area (Å²) >= 11 is 0. The minimum atomic E-state index is -0.310. The maximum atomic E-state index is 9.26. The molecule has 92 valence electrons. The molecule has 0 aliphatic carbocycles. The van der Waals surface area contributed by atoms with Gasteiger partial charge in [-0.3, -0.25) is 0 Å². The van der Waals surface area contributed by atoms with Gasteiger partial charge in [-0.2, -0.15) is 5.26 Å². The Labute approximate surface area is 103 Å². The lowest BCUT2D eigenvalue weighted by Gasteiger charge is -2.17. The molecule has 1 aromatic rings. The topological polar surface area (TPSA) is 56.0 Å². The van der Waals surface area contributed by atoms with Gasteiger partial charge < -0.3 is 10.4 Å². The van der Waals surface area contributed by atoms with Crippen molar-refractivity contribution in [1.29, 1.82) is 5.26 Å². The molecular formula is C14H20N2O. The number of rotatable bonds is 6. The van der Waals surface area contributed by atoms with Gasteiger partial charge in [-0.25, -0.2) is 0 Å². The summed E-state index contributed by atoms with van der Waals surface area (Å²) in [6, 6.07) is 12.3. The molecule has 0 aliphatic heterocycles. The van der Waals surface area contributed by atoms with Gasteiger partial charge in [0.15, 0.2) is 0 Å². The van der Waals surface area contributed by atoms with E-state index in [9.17, 15) is 5.11 Å². The Hall–Kier alpha value is -1.37. The first kappa shape index (κ1) is 13.7. The third-order valence-electron chi connectivity index (χ3n) is 2.72. The van der Waals surface area contributed by atoms with E-state index in [0.29, 0.717) is 13.0 Å². The van der Waals surface area contributed by atoms with Crippen molar-refractivity contribution in [3.63, 3.8) is 0 Å². The van der Waals surface area contributed by atoms with Gasteiger partial charge in [-0.15, -0.1) is 0 Å². The predicted molar refractivity (Wildman–Crippen MR) is 68.6 cm³/mol. The summed E-state index contributed by atoms with van der Waals surface area (Å²) in [5, 5.41) is 21.7. The molecule has 3 nitrogen and oxygen atoms in total. The fourth-order valence-electron chi connectivity index (χ4n) is 1.84. The molecule has 0 bridgehead atoms. The van der Waals surface area contributed by atoms with Crippen molar-refractivity contribution < 1.29 is 5.11 Å². The Kier molecular flexibility index (Phi) is 5.68. The number of aliphatic hydroxyl groups is 1. The molecule has 0 heterocycles. The molecule has 0 saturated carbocycles. The third-order valence-corrected chi connectivity index (χ3v) is 2.72. The van der Waals surface area contributed by atoms with Gasteiger partial charge in [0.25, 0.3) is 0 Å². The molecule has 17 heavy (non-hydrogen) atoms. The van der Waals surface area contributed by atoms with Crippen LogP contribution in [0.5, 0.6) is 0 Å². The quantitative estimate of drug-likeness (QED) is 0.789. The Morgan fingerprint density at radius 1 is 1.29 bits per heavy atom. The monoisotopic (exact) mass is 232 g/mol. The van der Waals surface area contributed by atoms with Crippen LogP contribution in [-0.4, -0.2) is 23.8 Å². The Morgan fingerprint density at radius 2 is 1.94 bits per heavy atom. The van der Waals surface area contributed by atoms with Gasteiger partial charge in [0.2, 0.25) is 0 Å². The number of hydrogen-bond donors (Lipinski definition) is 2. The second-order valence-corrected chi connectivity index (χ2v) is 4.49. The molecule has 1 rings (SSSR count). The van der Waals surface area contributed by atoms with Crippen LogP contribution < -0.4 is 5.32 Å². The Balaban J connectivity index is 2.47. The maximum absolute atomic E-state index is 9.26. The van der Waals surface area contributed by atoms with Crippen molar-refractivity contribution in [2.45, 2.75) is 38.3 Å². The minimum absolute atomic E-state index is 0.132. The molecule has 1 aromatic carbocycles. The lowest BCUT2D eigenvalue weighted by atomic mass is 10.00. The van der Waals surface area contributed by atoms with E-state index in [2.05, 4.69) is 11.4 Å². The molecule has 0 aromatic heterocycles. The Morgan fingerprint density at radius 3 is 2.47 bits per heavy atom. The number of benzene rings is 1. The Bertz CT molecular complexity index is 356. The number of hydrogen-bond acceptors (Lipinski definition) is 3. The summed E-state index contributed by atoms with van der Waals surface area (Å²) in [5.41, 5.74) is 1.03. The summed E-state index contributed by atoms with van der Waals surface area (Å²) < 4.78 is 0. The normalized spacial score (nSPS) is 15.9. The van der Waals surface area contributed by atoms with Crippen LogP contribution in [0.25, 0.3) is 0 Å². The number of nitriles is 1. The third kappa shape index (κ3) is 4.99. The fourth-order valence-corrected chi connectivity index (χ4v) is 1.84. The minimum Gasteiger partial charge on any atom is -0.393 e. The molecular weight excluding hydrogens is 212 g/mol. The summed E-state index contributed by atoms with van der Waals surface area (Å²) in [4.78, 5) is 0. The summed E-state index contributed by atoms with van der Waals surface area (Å²) in [5.74, 6) is -0.132. The number of aliphatic hydroxyl groups excluding tert-OH is 1. The van der Waals surface area contributed by atoms with Crippen LogP contribution in [0, 0.1) is 11.3 Å². The summed E-state index contributed by atoms with van der Waals surface area (Å²) in [6.07, 6.45) is 0.391. The zero-order valence-corrected chi connectivity index (χ0v) is 10.4. The molecule has 2 N–H and O–H groups in total. The molecule has 3 heteroatoms. The van der Waals surface area contributed by atoms with Crippen LogP contribution >= 0.6 is 0 Å². The van der Waals surface area contributed by atoms with Crippen molar-refractivity contribution >= 4 is 0 Å². The highest BCUT2D eigenvalue weighted by Crippen LogP contribution is 2.13. The van der Waals surface area contributed by atoms with Crippen molar-refractivity contribution in [3.05, 3.63) is 35.9 Å². The molecule has 0 radical (unpaired) electrons. The van der Waals surface area contributed by atoms with Gasteiger partial charge >= 0.3 is 0 Å². The number of nitrogens with one attached hydrogen (secondary N) is 1. The van der Waals surface area contributed by atoms with E-state index in [1.54, 1.807) is 6.92 Å². The van der Waals surface area contributed by atoms with Crippen LogP contribution in [0.1, 0.15) is 31.7 Å². The standard InChI is InChI=1S/C14H20N2O/c1-11(8-12(2)17)16-10-14(9-15)13-6-4-3-5-7-13/h3-7,11-12,14,16-17H,8,10H2,1-2H3. The maximum Gasteiger partial charge on any atom is 0.0837 e. The van der Waals surface area contributed by atoms with Gasteiger partial charge in [-0.05, 0) is 25.8 Å². The average Bonchev–Trinajstić information content (AvgIpc) is 2.30. The first-order valence-corrected chi connectivity index (χ1v) is 5.99. The van der Waals surface area contributed by atoms with Crippen molar-refractivity contribution in [2.24, 2.45) is 0 Å². The van der Waals surface area contributed by atoms with E-state index < -0.39 is 0 Å². The zero-order valence-electron chi connectivity index (χ0n) is 10.4. The van der Waals surface area contributed by atoms with Crippen molar-refractivity contribution in [1.82, 2.24) is 5.32 Å². The molecule has 3 unspecified atom stereocenters. The van der Waals surface area contributed by atoms with E-state index in [-0.39, 0.29) is 18.1 Å². The lowest BCUT2D eigenvalue weighted by Crippen LogP contribution is -2.32. The van der Waals surface area contributed by atoms with Crippen LogP contribution in [0.15, 0.2) is 30.3 Å². The SMILES string of the molecule is CC(O)CC(C)NCC(C#N)c1ccccc1. The number of nitrogens with zero attached hydrogens (tertiary/aromatic N) is 1. The highest BCUT2D eigenvalue weighted by atomic mass is 16.3. The first-order valence-electron chi connectivity index (χ1n) is 5.99. The largest absolute Gasteiger partial charge is 0.393 e. The van der Waals surface area contributed by atoms with E-state index >= 15 is 0 Å². The predicted octanol–water partition coefficient (Wildman–Crippen LogP) is 2.04. The molecule has 0 aliphatic rings. The second-order valence-electron chi connectivity index (χ2n) is 4.49. The molecule has 3 atom stereocenters. The van der Waals surface area contributed by atoms with Crippen LogP contribution in [-0.2, 0) is 0 Å². The van der Waals surface area contributed by atoms with E-state index in [0.717, 1.165) is 5.56 Å². The van der Waals surface area contributed by atoms with Crippen LogP contribution in [0.2, 0.25) is 0 Å². The smallest absolute Gasteiger partial charge is 0.0837 e. The highest BCUT2D eigenvalue weighted by molar-refractivity contribution is 5.25. The van der Waals surface area contributed by atoms with Crippen molar-refractivity contribution in [3.8, 4) is 6.07 Å². The van der Waals surface area contributed by atoms with Gasteiger partial charge in [0, 0.05) is 12.6 Å². The summed E-state index contributed by atoms with van der Waals surface area (Å²) in [6.45, 7) is 4.41. The van der Waals surface area contributed by atoms with Crippen LogP contribution in [0.4, 0.5) is 0 Å². The van der Waals surface area contributed by atoms with E-state index in [1.807, 2.05) is 37.3 Å². The average molecular weight is 232 g/mol. The molecule has 0 amide bonds. The van der Waals surface area contributed by atoms with Gasteiger partial charge in [-0.1, -0.05) is 30.3 Å². The van der Waals surface area contributed by atoms with Crippen molar-refractivity contribution in [2.75, 3.05) is 6.54 Å².